The number of carbonyl (C=O) groups is 1. The van der Waals surface area contributed by atoms with E-state index in [1.165, 1.54) is 5.56 Å². The van der Waals surface area contributed by atoms with Crippen LogP contribution >= 0.6 is 11.6 Å². The van der Waals surface area contributed by atoms with E-state index in [1.807, 2.05) is 31.2 Å². The average molecular weight is 301 g/mol. The first kappa shape index (κ1) is 14.1. The fourth-order valence-electron chi connectivity index (χ4n) is 2.72. The monoisotopic (exact) mass is 300 g/mol. The van der Waals surface area contributed by atoms with Gasteiger partial charge in [0.1, 0.15) is 0 Å². The third-order valence-electron chi connectivity index (χ3n) is 3.85. The van der Waals surface area contributed by atoms with Crippen molar-refractivity contribution in [2.24, 2.45) is 0 Å². The van der Waals surface area contributed by atoms with Gasteiger partial charge in [-0.05, 0) is 48.7 Å². The van der Waals surface area contributed by atoms with E-state index in [0.29, 0.717) is 10.7 Å². The van der Waals surface area contributed by atoms with E-state index < -0.39 is 0 Å². The van der Waals surface area contributed by atoms with Crippen molar-refractivity contribution >= 4 is 23.2 Å². The van der Waals surface area contributed by atoms with Gasteiger partial charge in [-0.2, -0.15) is 0 Å². The summed E-state index contributed by atoms with van der Waals surface area (Å²) in [5.74, 6) is -0.0926. The van der Waals surface area contributed by atoms with Crippen LogP contribution < -0.4 is 10.6 Å². The van der Waals surface area contributed by atoms with Gasteiger partial charge < -0.3 is 10.6 Å². The normalized spacial score (nSPS) is 13.6. The SMILES string of the molecule is Cc1cccc(Cl)c1NC(=O)c1cccc2c1CCNC2. The van der Waals surface area contributed by atoms with Gasteiger partial charge in [0.05, 0.1) is 10.7 Å². The molecule has 1 aliphatic heterocycles. The topological polar surface area (TPSA) is 41.1 Å². The van der Waals surface area contributed by atoms with Crippen molar-refractivity contribution in [3.63, 3.8) is 0 Å². The molecule has 1 heterocycles. The molecule has 108 valence electrons. The number of halogens is 1. The van der Waals surface area contributed by atoms with Gasteiger partial charge in [-0.3, -0.25) is 4.79 Å². The van der Waals surface area contributed by atoms with Crippen LogP contribution in [0.5, 0.6) is 0 Å². The summed E-state index contributed by atoms with van der Waals surface area (Å²) in [4.78, 5) is 12.6. The lowest BCUT2D eigenvalue weighted by molar-refractivity contribution is 0.102. The van der Waals surface area contributed by atoms with E-state index in [2.05, 4.69) is 16.7 Å². The van der Waals surface area contributed by atoms with E-state index in [0.717, 1.165) is 36.2 Å². The first-order valence-corrected chi connectivity index (χ1v) is 7.42. The minimum atomic E-state index is -0.0926. The second-order valence-corrected chi connectivity index (χ2v) is 5.66. The van der Waals surface area contributed by atoms with Crippen molar-refractivity contribution in [1.29, 1.82) is 0 Å². The fraction of sp³-hybridized carbons (Fsp3) is 0.235. The molecule has 0 radical (unpaired) electrons. The van der Waals surface area contributed by atoms with Gasteiger partial charge in [-0.1, -0.05) is 35.9 Å². The third-order valence-corrected chi connectivity index (χ3v) is 4.16. The van der Waals surface area contributed by atoms with Gasteiger partial charge in [0, 0.05) is 12.1 Å². The molecule has 0 aromatic heterocycles. The zero-order chi connectivity index (χ0) is 14.8. The lowest BCUT2D eigenvalue weighted by atomic mass is 9.95. The first-order chi connectivity index (χ1) is 10.2. The number of carbonyl (C=O) groups excluding carboxylic acids is 1. The molecule has 0 aliphatic carbocycles. The number of hydrogen-bond acceptors (Lipinski definition) is 2. The van der Waals surface area contributed by atoms with Crippen LogP contribution in [-0.2, 0) is 13.0 Å². The standard InChI is InChI=1S/C17H17ClN2O/c1-11-4-2-7-15(18)16(11)20-17(21)14-6-3-5-12-10-19-9-8-13(12)14/h2-7,19H,8-10H2,1H3,(H,20,21). The number of aryl methyl sites for hydroxylation is 1. The molecule has 0 unspecified atom stereocenters. The van der Waals surface area contributed by atoms with Crippen molar-refractivity contribution < 1.29 is 4.79 Å². The molecule has 3 rings (SSSR count). The second kappa shape index (κ2) is 5.88. The van der Waals surface area contributed by atoms with Gasteiger partial charge in [-0.25, -0.2) is 0 Å². The maximum atomic E-state index is 12.6. The Morgan fingerprint density at radius 1 is 1.24 bits per heavy atom. The molecule has 2 N–H and O–H groups in total. The molecule has 3 nitrogen and oxygen atoms in total. The Kier molecular flexibility index (Phi) is 3.95. The van der Waals surface area contributed by atoms with E-state index in [1.54, 1.807) is 6.07 Å². The van der Waals surface area contributed by atoms with Crippen LogP contribution in [0.15, 0.2) is 36.4 Å². The minimum absolute atomic E-state index is 0.0926. The van der Waals surface area contributed by atoms with Gasteiger partial charge in [0.15, 0.2) is 0 Å². The van der Waals surface area contributed by atoms with Crippen LogP contribution in [0.4, 0.5) is 5.69 Å². The number of rotatable bonds is 2. The Morgan fingerprint density at radius 3 is 2.86 bits per heavy atom. The molecule has 0 fully saturated rings. The van der Waals surface area contributed by atoms with Crippen LogP contribution in [0.25, 0.3) is 0 Å². The number of anilines is 1. The summed E-state index contributed by atoms with van der Waals surface area (Å²) in [7, 11) is 0. The fourth-order valence-corrected chi connectivity index (χ4v) is 2.98. The number of benzene rings is 2. The van der Waals surface area contributed by atoms with Gasteiger partial charge in [-0.15, -0.1) is 0 Å². The van der Waals surface area contributed by atoms with Crippen LogP contribution in [0.1, 0.15) is 27.0 Å². The number of fused-ring (bicyclic) bond motifs is 1. The molecule has 0 saturated heterocycles. The second-order valence-electron chi connectivity index (χ2n) is 5.26. The van der Waals surface area contributed by atoms with Crippen molar-refractivity contribution in [3.05, 3.63) is 63.7 Å². The highest BCUT2D eigenvalue weighted by molar-refractivity contribution is 6.34. The van der Waals surface area contributed by atoms with Crippen LogP contribution in [0.3, 0.4) is 0 Å². The molecule has 1 amide bonds. The van der Waals surface area contributed by atoms with Crippen molar-refractivity contribution in [2.45, 2.75) is 19.9 Å². The molecule has 2 aromatic rings. The van der Waals surface area contributed by atoms with E-state index in [4.69, 9.17) is 11.6 Å². The molecule has 1 aliphatic rings. The molecule has 2 aromatic carbocycles. The predicted molar refractivity (Wildman–Crippen MR) is 86.0 cm³/mol. The predicted octanol–water partition coefficient (Wildman–Crippen LogP) is 3.55. The lowest BCUT2D eigenvalue weighted by Gasteiger charge is -2.20. The zero-order valence-electron chi connectivity index (χ0n) is 11.9. The summed E-state index contributed by atoms with van der Waals surface area (Å²) >= 11 is 6.18. The summed E-state index contributed by atoms with van der Waals surface area (Å²) in [6.45, 7) is 3.66. The number of para-hydroxylation sites is 1. The zero-order valence-corrected chi connectivity index (χ0v) is 12.6. The van der Waals surface area contributed by atoms with Crippen molar-refractivity contribution in [2.75, 3.05) is 11.9 Å². The maximum Gasteiger partial charge on any atom is 0.255 e. The number of amides is 1. The lowest BCUT2D eigenvalue weighted by Crippen LogP contribution is -2.26. The Balaban J connectivity index is 1.93. The van der Waals surface area contributed by atoms with E-state index >= 15 is 0 Å². The molecule has 0 atom stereocenters. The summed E-state index contributed by atoms with van der Waals surface area (Å²) < 4.78 is 0. The molecular weight excluding hydrogens is 284 g/mol. The quantitative estimate of drug-likeness (QED) is 0.890. The summed E-state index contributed by atoms with van der Waals surface area (Å²) in [6.07, 6.45) is 0.875. The highest BCUT2D eigenvalue weighted by Crippen LogP contribution is 2.27. The minimum Gasteiger partial charge on any atom is -0.320 e. The summed E-state index contributed by atoms with van der Waals surface area (Å²) in [5.41, 5.74) is 4.73. The van der Waals surface area contributed by atoms with E-state index in [9.17, 15) is 4.79 Å². The van der Waals surface area contributed by atoms with Gasteiger partial charge in [0.25, 0.3) is 5.91 Å². The van der Waals surface area contributed by atoms with Crippen LogP contribution in [0, 0.1) is 6.92 Å². The molecular formula is C17H17ClN2O. The Hall–Kier alpha value is -1.84. The molecule has 0 spiro atoms. The molecule has 0 bridgehead atoms. The average Bonchev–Trinajstić information content (AvgIpc) is 2.50. The summed E-state index contributed by atoms with van der Waals surface area (Å²) in [5, 5.41) is 6.84. The summed E-state index contributed by atoms with van der Waals surface area (Å²) in [6, 6.07) is 11.5. The van der Waals surface area contributed by atoms with Gasteiger partial charge in [0.2, 0.25) is 0 Å². The first-order valence-electron chi connectivity index (χ1n) is 7.05. The molecule has 4 heteroatoms. The number of nitrogens with one attached hydrogen (secondary N) is 2. The van der Waals surface area contributed by atoms with Crippen molar-refractivity contribution in [3.8, 4) is 0 Å². The largest absolute Gasteiger partial charge is 0.320 e. The molecule has 21 heavy (non-hydrogen) atoms. The highest BCUT2D eigenvalue weighted by atomic mass is 35.5. The van der Waals surface area contributed by atoms with E-state index in [-0.39, 0.29) is 5.91 Å². The molecule has 0 saturated carbocycles. The Labute approximate surface area is 129 Å². The smallest absolute Gasteiger partial charge is 0.255 e. The van der Waals surface area contributed by atoms with Crippen molar-refractivity contribution in [1.82, 2.24) is 5.32 Å². The Bertz CT molecular complexity index is 677. The van der Waals surface area contributed by atoms with Crippen LogP contribution in [-0.4, -0.2) is 12.5 Å². The Morgan fingerprint density at radius 2 is 2.05 bits per heavy atom. The van der Waals surface area contributed by atoms with Crippen LogP contribution in [0.2, 0.25) is 5.02 Å². The highest BCUT2D eigenvalue weighted by Gasteiger charge is 2.18. The third kappa shape index (κ3) is 2.80. The van der Waals surface area contributed by atoms with Gasteiger partial charge >= 0.3 is 0 Å². The maximum absolute atomic E-state index is 12.6. The number of hydrogen-bond donors (Lipinski definition) is 2.